The van der Waals surface area contributed by atoms with Gasteiger partial charge in [0, 0.05) is 23.2 Å². The van der Waals surface area contributed by atoms with Gasteiger partial charge in [-0.15, -0.1) is 0 Å². The van der Waals surface area contributed by atoms with E-state index >= 15 is 0 Å². The monoisotopic (exact) mass is 477 g/mol. The van der Waals surface area contributed by atoms with Crippen LogP contribution in [0.15, 0.2) is 53.9 Å². The van der Waals surface area contributed by atoms with Gasteiger partial charge in [0.15, 0.2) is 11.3 Å². The Morgan fingerprint density at radius 3 is 2.56 bits per heavy atom. The summed E-state index contributed by atoms with van der Waals surface area (Å²) < 4.78 is 16.3. The Bertz CT molecular complexity index is 1560. The minimum Gasteiger partial charge on any atom is -0.383 e. The Balaban J connectivity index is 1.74. The molecule has 9 nitrogen and oxygen atoms in total. The third-order valence-electron chi connectivity index (χ3n) is 5.29. The highest BCUT2D eigenvalue weighted by molar-refractivity contribution is 6.30. The van der Waals surface area contributed by atoms with Gasteiger partial charge < -0.3 is 4.84 Å². The molecule has 0 radical (unpaired) electrons. The molecule has 0 N–H and O–H groups in total. The first-order chi connectivity index (χ1) is 16.3. The molecule has 4 heterocycles. The molecule has 1 aliphatic rings. The zero-order valence-electron chi connectivity index (χ0n) is 18.3. The van der Waals surface area contributed by atoms with Gasteiger partial charge in [-0.05, 0) is 38.1 Å². The molecule has 11 heteroatoms. The molecular weight excluding hydrogens is 461 g/mol. The van der Waals surface area contributed by atoms with E-state index in [2.05, 4.69) is 24.9 Å². The number of hydrogen-bond donors (Lipinski definition) is 0. The fourth-order valence-corrected chi connectivity index (χ4v) is 3.55. The van der Waals surface area contributed by atoms with Crippen molar-refractivity contribution >= 4 is 33.9 Å². The number of aryl methyl sites for hydroxylation is 2. The smallest absolute Gasteiger partial charge is 0.279 e. The van der Waals surface area contributed by atoms with Crippen molar-refractivity contribution in [2.24, 2.45) is 7.05 Å². The van der Waals surface area contributed by atoms with Crippen LogP contribution in [0, 0.1) is 19.7 Å². The molecule has 0 saturated carbocycles. The molecule has 4 aromatic rings. The van der Waals surface area contributed by atoms with Crippen molar-refractivity contribution in [1.82, 2.24) is 29.5 Å². The normalized spacial score (nSPS) is 13.2. The molecule has 1 aromatic carbocycles. The average Bonchev–Trinajstić information content (AvgIpc) is 2.83. The van der Waals surface area contributed by atoms with Crippen LogP contribution in [0.3, 0.4) is 0 Å². The van der Waals surface area contributed by atoms with E-state index in [0.29, 0.717) is 22.9 Å². The number of anilines is 1. The summed E-state index contributed by atoms with van der Waals surface area (Å²) in [5.74, 6) is 0.664. The van der Waals surface area contributed by atoms with Gasteiger partial charge in [0.1, 0.15) is 40.6 Å². The maximum atomic E-state index is 14.9. The molecule has 34 heavy (non-hydrogen) atoms. The van der Waals surface area contributed by atoms with Crippen molar-refractivity contribution in [2.45, 2.75) is 13.8 Å². The van der Waals surface area contributed by atoms with E-state index in [1.165, 1.54) is 28.0 Å². The number of aromatic nitrogens is 6. The molecule has 0 amide bonds. The number of fused-ring (bicyclic) bond motifs is 1. The number of rotatable bonds is 3. The first-order valence-electron chi connectivity index (χ1n) is 10.2. The Labute approximate surface area is 197 Å². The topological polar surface area (TPSA) is 98.9 Å². The molecule has 1 aliphatic heterocycles. The fourth-order valence-electron chi connectivity index (χ4n) is 3.39. The molecule has 0 bridgehead atoms. The van der Waals surface area contributed by atoms with Gasteiger partial charge in [0.2, 0.25) is 0 Å². The number of nitrogens with zero attached hydrogens (tertiary/aromatic N) is 7. The highest BCUT2D eigenvalue weighted by Crippen LogP contribution is 2.30. The highest BCUT2D eigenvalue weighted by Gasteiger charge is 2.21. The third-order valence-corrected chi connectivity index (χ3v) is 5.53. The maximum absolute atomic E-state index is 14.9. The Hall–Kier alpha value is -4.18. The lowest BCUT2D eigenvalue weighted by molar-refractivity contribution is 0.246. The van der Waals surface area contributed by atoms with Gasteiger partial charge in [0.05, 0.1) is 18.6 Å². The van der Waals surface area contributed by atoms with Crippen molar-refractivity contribution in [2.75, 3.05) is 5.06 Å². The lowest BCUT2D eigenvalue weighted by atomic mass is 10.1. The van der Waals surface area contributed by atoms with Crippen LogP contribution in [0.2, 0.25) is 5.02 Å². The third kappa shape index (κ3) is 3.77. The van der Waals surface area contributed by atoms with Gasteiger partial charge in [0.25, 0.3) is 5.56 Å². The Morgan fingerprint density at radius 1 is 1.06 bits per heavy atom. The van der Waals surface area contributed by atoms with Gasteiger partial charge in [-0.2, -0.15) is 5.06 Å². The van der Waals surface area contributed by atoms with Crippen LogP contribution >= 0.6 is 11.6 Å². The predicted molar refractivity (Wildman–Crippen MR) is 125 cm³/mol. The molecule has 0 fully saturated rings. The summed E-state index contributed by atoms with van der Waals surface area (Å²) in [6.07, 6.45) is 7.92. The molecule has 170 valence electrons. The SMILES string of the molecule is Cc1ncc(N2C=C(c3nc(-c4ccc(Cl)cc4F)c4nc(C)n(C)c(=O)c4n3)C=CO2)cn1. The van der Waals surface area contributed by atoms with Gasteiger partial charge in [-0.1, -0.05) is 11.6 Å². The molecule has 0 aliphatic carbocycles. The zero-order chi connectivity index (χ0) is 24.0. The summed E-state index contributed by atoms with van der Waals surface area (Å²) in [5, 5.41) is 1.68. The summed E-state index contributed by atoms with van der Waals surface area (Å²) in [7, 11) is 1.60. The van der Waals surface area contributed by atoms with Crippen LogP contribution in [0.5, 0.6) is 0 Å². The molecule has 5 rings (SSSR count). The number of allylic oxidation sites excluding steroid dienone is 2. The second kappa shape index (κ2) is 8.31. The highest BCUT2D eigenvalue weighted by atomic mass is 35.5. The van der Waals surface area contributed by atoms with Crippen LogP contribution < -0.4 is 10.6 Å². The molecule has 0 saturated heterocycles. The quantitative estimate of drug-likeness (QED) is 0.438. The first-order valence-corrected chi connectivity index (χ1v) is 10.5. The second-order valence-electron chi connectivity index (χ2n) is 7.55. The van der Waals surface area contributed by atoms with Crippen molar-refractivity contribution in [1.29, 1.82) is 0 Å². The van der Waals surface area contributed by atoms with Crippen LogP contribution in [0.1, 0.15) is 17.5 Å². The van der Waals surface area contributed by atoms with Gasteiger partial charge >= 0.3 is 0 Å². The average molecular weight is 478 g/mol. The van der Waals surface area contributed by atoms with Crippen LogP contribution in [0.4, 0.5) is 10.1 Å². The van der Waals surface area contributed by atoms with Crippen LogP contribution in [0.25, 0.3) is 27.9 Å². The molecule has 3 aromatic heterocycles. The largest absolute Gasteiger partial charge is 0.383 e. The summed E-state index contributed by atoms with van der Waals surface area (Å²) in [5.41, 5.74) is 1.32. The van der Waals surface area contributed by atoms with E-state index in [1.54, 1.807) is 51.6 Å². The standard InChI is InChI=1S/C23H17ClFN7O2/c1-12-26-9-16(10-27-12)32-11-14(6-7-34-32)22-29-19(17-5-4-15(24)8-18(17)25)20-21(30-22)23(33)31(3)13(2)28-20/h4-11H,1-3H3. The number of hydrogen-bond acceptors (Lipinski definition) is 8. The van der Waals surface area contributed by atoms with E-state index in [1.807, 2.05) is 0 Å². The summed E-state index contributed by atoms with van der Waals surface area (Å²) in [4.78, 5) is 40.5. The fraction of sp³-hybridized carbons (Fsp3) is 0.130. The molecule has 0 unspecified atom stereocenters. The summed E-state index contributed by atoms with van der Waals surface area (Å²) >= 11 is 5.94. The minimum atomic E-state index is -0.589. The van der Waals surface area contributed by atoms with Crippen molar-refractivity contribution in [3.05, 3.63) is 87.8 Å². The maximum Gasteiger partial charge on any atom is 0.279 e. The Kier molecular flexibility index (Phi) is 5.29. The Morgan fingerprint density at radius 2 is 1.82 bits per heavy atom. The van der Waals surface area contributed by atoms with E-state index in [4.69, 9.17) is 16.4 Å². The summed E-state index contributed by atoms with van der Waals surface area (Å²) in [6, 6.07) is 4.24. The molecular formula is C23H17ClFN7O2. The lowest BCUT2D eigenvalue weighted by Crippen LogP contribution is -2.23. The van der Waals surface area contributed by atoms with Crippen molar-refractivity contribution in [3.63, 3.8) is 0 Å². The van der Waals surface area contributed by atoms with E-state index < -0.39 is 5.82 Å². The van der Waals surface area contributed by atoms with Crippen LogP contribution in [-0.2, 0) is 11.9 Å². The number of halogens is 2. The zero-order valence-corrected chi connectivity index (χ0v) is 19.1. The molecule has 0 atom stereocenters. The van der Waals surface area contributed by atoms with E-state index in [9.17, 15) is 9.18 Å². The number of benzene rings is 1. The number of hydroxylamine groups is 1. The summed E-state index contributed by atoms with van der Waals surface area (Å²) in [6.45, 7) is 3.46. The van der Waals surface area contributed by atoms with Crippen molar-refractivity contribution < 1.29 is 9.23 Å². The van der Waals surface area contributed by atoms with Crippen molar-refractivity contribution in [3.8, 4) is 11.3 Å². The van der Waals surface area contributed by atoms with Gasteiger partial charge in [-0.3, -0.25) is 9.36 Å². The van der Waals surface area contributed by atoms with E-state index in [-0.39, 0.29) is 38.7 Å². The minimum absolute atomic E-state index is 0.0634. The molecule has 0 spiro atoms. The lowest BCUT2D eigenvalue weighted by Gasteiger charge is -2.22. The second-order valence-corrected chi connectivity index (χ2v) is 7.98. The van der Waals surface area contributed by atoms with Gasteiger partial charge in [-0.25, -0.2) is 29.3 Å². The first kappa shape index (κ1) is 21.7. The van der Waals surface area contributed by atoms with E-state index in [0.717, 1.165) is 0 Å². The van der Waals surface area contributed by atoms with Crippen LogP contribution in [-0.4, -0.2) is 29.5 Å². The predicted octanol–water partition coefficient (Wildman–Crippen LogP) is 3.90.